The first-order chi connectivity index (χ1) is 12.0. The Morgan fingerprint density at radius 1 is 1.23 bits per heavy atom. The van der Waals surface area contributed by atoms with Crippen LogP contribution in [0.1, 0.15) is 29.8 Å². The molecule has 1 aromatic heterocycles. The van der Waals surface area contributed by atoms with Gasteiger partial charge in [0, 0.05) is 0 Å². The van der Waals surface area contributed by atoms with Gasteiger partial charge in [0.2, 0.25) is 0 Å². The van der Waals surface area contributed by atoms with Gasteiger partial charge in [0.15, 0.2) is 0 Å². The number of hydrogen-bond acceptors (Lipinski definition) is 7. The Labute approximate surface area is 154 Å². The Kier molecular flexibility index (Phi) is 5.18. The number of sulfonamides is 1. The normalized spacial score (nSPS) is 11.6. The SMILES string of the molecule is CC(C)(O)C(=O)N(c1sccc1C(N)=O)S(=O)(=O)c1ccc(C#N)cc1. The van der Waals surface area contributed by atoms with Gasteiger partial charge in [-0.3, -0.25) is 9.59 Å². The lowest BCUT2D eigenvalue weighted by Gasteiger charge is -2.27. The van der Waals surface area contributed by atoms with E-state index in [1.165, 1.54) is 23.6 Å². The summed E-state index contributed by atoms with van der Waals surface area (Å²) in [6.07, 6.45) is 0. The van der Waals surface area contributed by atoms with Crippen molar-refractivity contribution in [2.75, 3.05) is 4.31 Å². The molecule has 8 nitrogen and oxygen atoms in total. The Morgan fingerprint density at radius 3 is 2.27 bits per heavy atom. The van der Waals surface area contributed by atoms with Crippen molar-refractivity contribution in [1.82, 2.24) is 0 Å². The van der Waals surface area contributed by atoms with Crippen molar-refractivity contribution in [3.05, 3.63) is 46.8 Å². The van der Waals surface area contributed by atoms with Crippen molar-refractivity contribution in [2.24, 2.45) is 5.73 Å². The standard InChI is InChI=1S/C16H15N3O5S2/c1-16(2,22)15(21)19(14-12(13(18)20)7-8-25-14)26(23,24)11-5-3-10(9-17)4-6-11/h3-8,22H,1-2H3,(H2,18,20). The minimum Gasteiger partial charge on any atom is -0.381 e. The van der Waals surface area contributed by atoms with Crippen LogP contribution in [-0.2, 0) is 14.8 Å². The molecular formula is C16H15N3O5S2. The van der Waals surface area contributed by atoms with Crippen molar-refractivity contribution in [2.45, 2.75) is 24.3 Å². The second kappa shape index (κ2) is 6.87. The fourth-order valence-electron chi connectivity index (χ4n) is 2.01. The third-order valence-electron chi connectivity index (χ3n) is 3.32. The van der Waals surface area contributed by atoms with Crippen LogP contribution in [0.3, 0.4) is 0 Å². The van der Waals surface area contributed by atoms with Crippen molar-refractivity contribution < 1.29 is 23.1 Å². The molecule has 0 saturated heterocycles. The summed E-state index contributed by atoms with van der Waals surface area (Å²) in [6, 6.07) is 8.04. The predicted molar refractivity (Wildman–Crippen MR) is 95.0 cm³/mol. The van der Waals surface area contributed by atoms with Crippen molar-refractivity contribution >= 4 is 38.2 Å². The molecular weight excluding hydrogens is 378 g/mol. The molecule has 2 aromatic rings. The minimum atomic E-state index is -4.47. The van der Waals surface area contributed by atoms with Crippen molar-refractivity contribution in [1.29, 1.82) is 5.26 Å². The van der Waals surface area contributed by atoms with Gasteiger partial charge in [0.1, 0.15) is 10.6 Å². The molecule has 3 N–H and O–H groups in total. The zero-order valence-electron chi connectivity index (χ0n) is 13.8. The summed E-state index contributed by atoms with van der Waals surface area (Å²) in [5, 5.41) is 20.1. The van der Waals surface area contributed by atoms with Gasteiger partial charge in [-0.05, 0) is 49.6 Å². The highest BCUT2D eigenvalue weighted by Gasteiger charge is 2.41. The minimum absolute atomic E-state index is 0.162. The summed E-state index contributed by atoms with van der Waals surface area (Å²) >= 11 is 0.821. The molecule has 0 spiro atoms. The molecule has 0 bridgehead atoms. The number of carbonyl (C=O) groups excluding carboxylic acids is 2. The van der Waals surface area contributed by atoms with E-state index in [1.54, 1.807) is 0 Å². The Hall–Kier alpha value is -2.74. The molecule has 2 amide bonds. The summed E-state index contributed by atoms with van der Waals surface area (Å²) < 4.78 is 26.5. The van der Waals surface area contributed by atoms with Crippen LogP contribution in [0.25, 0.3) is 0 Å². The fraction of sp³-hybridized carbons (Fsp3) is 0.188. The summed E-state index contributed by atoms with van der Waals surface area (Å²) in [7, 11) is -4.47. The zero-order valence-corrected chi connectivity index (χ0v) is 15.5. The van der Waals surface area contributed by atoms with Crippen LogP contribution in [0.4, 0.5) is 5.00 Å². The number of nitriles is 1. The number of hydrogen-bond donors (Lipinski definition) is 2. The van der Waals surface area contributed by atoms with Crippen molar-refractivity contribution in [3.63, 3.8) is 0 Å². The highest BCUT2D eigenvalue weighted by Crippen LogP contribution is 2.34. The quantitative estimate of drug-likeness (QED) is 0.782. The van der Waals surface area contributed by atoms with Gasteiger partial charge >= 0.3 is 0 Å². The lowest BCUT2D eigenvalue weighted by atomic mass is 10.1. The number of thiophene rings is 1. The van der Waals surface area contributed by atoms with Crippen LogP contribution in [0.5, 0.6) is 0 Å². The monoisotopic (exact) mass is 393 g/mol. The van der Waals surface area contributed by atoms with E-state index in [0.717, 1.165) is 37.3 Å². The lowest BCUT2D eigenvalue weighted by Crippen LogP contribution is -2.48. The molecule has 0 atom stereocenters. The molecule has 10 heteroatoms. The molecule has 0 aliphatic rings. The molecule has 0 unspecified atom stereocenters. The molecule has 0 aliphatic heterocycles. The van der Waals surface area contributed by atoms with E-state index in [0.29, 0.717) is 4.31 Å². The third kappa shape index (κ3) is 3.60. The maximum absolute atomic E-state index is 13.1. The first kappa shape index (κ1) is 19.6. The van der Waals surface area contributed by atoms with E-state index in [1.807, 2.05) is 6.07 Å². The fourth-order valence-corrected chi connectivity index (χ4v) is 4.69. The first-order valence-electron chi connectivity index (χ1n) is 7.19. The van der Waals surface area contributed by atoms with Crippen LogP contribution >= 0.6 is 11.3 Å². The summed E-state index contributed by atoms with van der Waals surface area (Å²) in [5.41, 5.74) is 3.31. The molecule has 136 valence electrons. The van der Waals surface area contributed by atoms with E-state index in [2.05, 4.69) is 0 Å². The second-order valence-electron chi connectivity index (χ2n) is 5.77. The molecule has 2 rings (SSSR count). The number of nitrogens with zero attached hydrogens (tertiary/aromatic N) is 2. The number of amides is 2. The number of anilines is 1. The largest absolute Gasteiger partial charge is 0.381 e. The topological polar surface area (TPSA) is 142 Å². The van der Waals surface area contributed by atoms with Crippen molar-refractivity contribution in [3.8, 4) is 6.07 Å². The second-order valence-corrected chi connectivity index (χ2v) is 8.45. The number of nitrogens with two attached hydrogens (primary N) is 1. The van der Waals surface area contributed by atoms with Gasteiger partial charge < -0.3 is 10.8 Å². The number of aliphatic hydroxyl groups is 1. The number of carbonyl (C=O) groups is 2. The average Bonchev–Trinajstić information content (AvgIpc) is 3.03. The van der Waals surface area contributed by atoms with Gasteiger partial charge in [-0.2, -0.15) is 9.57 Å². The van der Waals surface area contributed by atoms with Crippen LogP contribution in [0, 0.1) is 11.3 Å². The van der Waals surface area contributed by atoms with Crippen LogP contribution < -0.4 is 10.0 Å². The molecule has 1 aromatic carbocycles. The molecule has 1 heterocycles. The maximum Gasteiger partial charge on any atom is 0.273 e. The van der Waals surface area contributed by atoms with Crippen LogP contribution in [0.2, 0.25) is 0 Å². The van der Waals surface area contributed by atoms with E-state index in [-0.39, 0.29) is 21.0 Å². The molecule has 0 radical (unpaired) electrons. The van der Waals surface area contributed by atoms with Gasteiger partial charge in [0.25, 0.3) is 21.8 Å². The van der Waals surface area contributed by atoms with Gasteiger partial charge in [-0.1, -0.05) is 0 Å². The molecule has 26 heavy (non-hydrogen) atoms. The number of rotatable bonds is 5. The first-order valence-corrected chi connectivity index (χ1v) is 9.51. The van der Waals surface area contributed by atoms with E-state index in [4.69, 9.17) is 11.0 Å². The molecule has 0 aliphatic carbocycles. The van der Waals surface area contributed by atoms with E-state index >= 15 is 0 Å². The van der Waals surface area contributed by atoms with Crippen LogP contribution in [0.15, 0.2) is 40.6 Å². The Bertz CT molecular complexity index is 996. The highest BCUT2D eigenvalue weighted by atomic mass is 32.2. The Morgan fingerprint density at radius 2 is 1.81 bits per heavy atom. The van der Waals surface area contributed by atoms with Crippen LogP contribution in [-0.4, -0.2) is 30.9 Å². The maximum atomic E-state index is 13.1. The number of benzene rings is 1. The Balaban J connectivity index is 2.70. The molecule has 0 saturated carbocycles. The van der Waals surface area contributed by atoms with Gasteiger partial charge in [0.05, 0.1) is 22.1 Å². The van der Waals surface area contributed by atoms with E-state index in [9.17, 15) is 23.1 Å². The highest BCUT2D eigenvalue weighted by molar-refractivity contribution is 7.93. The van der Waals surface area contributed by atoms with Gasteiger partial charge in [-0.25, -0.2) is 8.42 Å². The third-order valence-corrected chi connectivity index (χ3v) is 6.03. The average molecular weight is 393 g/mol. The smallest absolute Gasteiger partial charge is 0.273 e. The number of primary amides is 1. The summed E-state index contributed by atoms with van der Waals surface area (Å²) in [4.78, 5) is 24.0. The predicted octanol–water partition coefficient (Wildman–Crippen LogP) is 1.21. The molecule has 0 fully saturated rings. The summed E-state index contributed by atoms with van der Waals surface area (Å²) in [5.74, 6) is -2.06. The lowest BCUT2D eigenvalue weighted by molar-refractivity contribution is -0.132. The van der Waals surface area contributed by atoms with Gasteiger partial charge in [-0.15, -0.1) is 11.3 Å². The zero-order chi connectivity index (χ0) is 19.7. The summed E-state index contributed by atoms with van der Waals surface area (Å²) in [6.45, 7) is 2.27. The van der Waals surface area contributed by atoms with E-state index < -0.39 is 27.4 Å².